The topological polar surface area (TPSA) is 57.7 Å². The number of carbonyl (C=O) groups excluding carboxylic acids is 1. The van der Waals surface area contributed by atoms with E-state index in [0.717, 1.165) is 62.6 Å². The molecule has 0 bridgehead atoms. The van der Waals surface area contributed by atoms with Crippen molar-refractivity contribution in [3.63, 3.8) is 0 Å². The van der Waals surface area contributed by atoms with Gasteiger partial charge in [-0.25, -0.2) is 8.42 Å². The molecule has 1 aromatic rings. The van der Waals surface area contributed by atoms with Gasteiger partial charge >= 0.3 is 0 Å². The van der Waals surface area contributed by atoms with Crippen LogP contribution in [-0.2, 0) is 21.2 Å². The molecular formula is C21H30N2O3S. The van der Waals surface area contributed by atoms with Crippen molar-refractivity contribution < 1.29 is 13.2 Å². The summed E-state index contributed by atoms with van der Waals surface area (Å²) in [6.45, 7) is 2.05. The molecule has 0 radical (unpaired) electrons. The fourth-order valence-electron chi connectivity index (χ4n) is 4.76. The number of sulfonamides is 1. The molecule has 1 aliphatic heterocycles. The Labute approximate surface area is 162 Å². The molecule has 27 heavy (non-hydrogen) atoms. The predicted molar refractivity (Wildman–Crippen MR) is 106 cm³/mol. The summed E-state index contributed by atoms with van der Waals surface area (Å²) in [5, 5.41) is 0. The van der Waals surface area contributed by atoms with Crippen molar-refractivity contribution >= 4 is 21.6 Å². The number of nitrogens with zero attached hydrogens (tertiary/aromatic N) is 2. The van der Waals surface area contributed by atoms with E-state index in [4.69, 9.17) is 0 Å². The lowest BCUT2D eigenvalue weighted by atomic mass is 9.84. The van der Waals surface area contributed by atoms with Gasteiger partial charge in [-0.3, -0.25) is 4.79 Å². The Morgan fingerprint density at radius 2 is 1.78 bits per heavy atom. The van der Waals surface area contributed by atoms with Gasteiger partial charge in [0.25, 0.3) is 0 Å². The first-order valence-corrected chi connectivity index (χ1v) is 11.8. The molecule has 2 fully saturated rings. The van der Waals surface area contributed by atoms with Crippen molar-refractivity contribution in [2.45, 2.75) is 81.7 Å². The Morgan fingerprint density at radius 3 is 2.41 bits per heavy atom. The van der Waals surface area contributed by atoms with E-state index in [1.807, 2.05) is 11.0 Å². The number of amides is 1. The minimum absolute atomic E-state index is 0.0992. The van der Waals surface area contributed by atoms with Crippen LogP contribution in [0.1, 0.15) is 63.9 Å². The minimum Gasteiger partial charge on any atom is -0.309 e. The maximum absolute atomic E-state index is 13.1. The second-order valence-electron chi connectivity index (χ2n) is 8.49. The lowest BCUT2D eigenvalue weighted by molar-refractivity contribution is -0.125. The highest BCUT2D eigenvalue weighted by Gasteiger charge is 2.38. The van der Waals surface area contributed by atoms with Crippen LogP contribution in [0, 0.1) is 5.92 Å². The summed E-state index contributed by atoms with van der Waals surface area (Å²) in [4.78, 5) is 15.1. The summed E-state index contributed by atoms with van der Waals surface area (Å²) in [7, 11) is -1.78. The van der Waals surface area contributed by atoms with Crippen LogP contribution in [0.3, 0.4) is 0 Å². The van der Waals surface area contributed by atoms with Gasteiger partial charge in [0.1, 0.15) is 0 Å². The quantitative estimate of drug-likeness (QED) is 0.787. The van der Waals surface area contributed by atoms with Crippen LogP contribution in [0.15, 0.2) is 23.1 Å². The first kappa shape index (κ1) is 18.9. The molecule has 3 aliphatic rings. The number of carbonyl (C=O) groups is 1. The highest BCUT2D eigenvalue weighted by molar-refractivity contribution is 7.89. The van der Waals surface area contributed by atoms with Gasteiger partial charge in [0, 0.05) is 30.7 Å². The number of hydrogen-bond donors (Lipinski definition) is 0. The zero-order chi connectivity index (χ0) is 19.2. The molecule has 1 atom stereocenters. The zero-order valence-electron chi connectivity index (χ0n) is 16.4. The molecule has 6 heteroatoms. The molecule has 0 unspecified atom stereocenters. The molecule has 4 rings (SSSR count). The van der Waals surface area contributed by atoms with E-state index in [2.05, 4.69) is 6.92 Å². The Kier molecular flexibility index (Phi) is 5.06. The van der Waals surface area contributed by atoms with E-state index in [9.17, 15) is 13.2 Å². The maximum Gasteiger partial charge on any atom is 0.243 e. The van der Waals surface area contributed by atoms with Crippen LogP contribution in [0.5, 0.6) is 0 Å². The van der Waals surface area contributed by atoms with Gasteiger partial charge < -0.3 is 4.90 Å². The molecule has 0 saturated heterocycles. The van der Waals surface area contributed by atoms with Gasteiger partial charge in [0.15, 0.2) is 0 Å². The van der Waals surface area contributed by atoms with E-state index in [-0.39, 0.29) is 23.9 Å². The molecule has 1 aromatic carbocycles. The van der Waals surface area contributed by atoms with Crippen LogP contribution in [0.2, 0.25) is 0 Å². The second-order valence-corrected chi connectivity index (χ2v) is 10.5. The first-order valence-electron chi connectivity index (χ1n) is 10.3. The van der Waals surface area contributed by atoms with Crippen LogP contribution < -0.4 is 4.90 Å². The Morgan fingerprint density at radius 1 is 1.07 bits per heavy atom. The Balaban J connectivity index is 1.59. The summed E-state index contributed by atoms with van der Waals surface area (Å²) in [6.07, 6.45) is 9.12. The molecule has 0 spiro atoms. The normalized spacial score (nSPS) is 24.1. The van der Waals surface area contributed by atoms with Crippen LogP contribution in [0.25, 0.3) is 0 Å². The van der Waals surface area contributed by atoms with Gasteiger partial charge in [0.2, 0.25) is 15.9 Å². The first-order chi connectivity index (χ1) is 12.9. The molecule has 148 valence electrons. The molecule has 0 N–H and O–H groups in total. The summed E-state index contributed by atoms with van der Waals surface area (Å²) in [6, 6.07) is 5.53. The van der Waals surface area contributed by atoms with Gasteiger partial charge in [0.05, 0.1) is 4.90 Å². The fraction of sp³-hybridized carbons (Fsp3) is 0.667. The van der Waals surface area contributed by atoms with Gasteiger partial charge in [-0.2, -0.15) is 4.31 Å². The number of rotatable bonds is 4. The van der Waals surface area contributed by atoms with Crippen LogP contribution in [-0.4, -0.2) is 37.8 Å². The summed E-state index contributed by atoms with van der Waals surface area (Å²) >= 11 is 0. The SMILES string of the molecule is C[C@@H]1Cc2cc(S(=O)(=O)N(C)C3CCCCC3)ccc2N1C(=O)C1CCC1. The Bertz CT molecular complexity index is 826. The van der Waals surface area contributed by atoms with Crippen molar-refractivity contribution in [1.29, 1.82) is 0 Å². The lowest BCUT2D eigenvalue weighted by Gasteiger charge is -2.32. The molecule has 0 aromatic heterocycles. The van der Waals surface area contributed by atoms with Crippen molar-refractivity contribution in [2.75, 3.05) is 11.9 Å². The third-order valence-electron chi connectivity index (χ3n) is 6.72. The van der Waals surface area contributed by atoms with E-state index >= 15 is 0 Å². The summed E-state index contributed by atoms with van der Waals surface area (Å²) < 4.78 is 27.8. The predicted octanol–water partition coefficient (Wildman–Crippen LogP) is 3.72. The Hall–Kier alpha value is -1.40. The lowest BCUT2D eigenvalue weighted by Crippen LogP contribution is -2.42. The number of hydrogen-bond acceptors (Lipinski definition) is 3. The van der Waals surface area contributed by atoms with Crippen LogP contribution >= 0.6 is 0 Å². The van der Waals surface area contributed by atoms with Gasteiger partial charge in [-0.15, -0.1) is 0 Å². The van der Waals surface area contributed by atoms with Gasteiger partial charge in [-0.1, -0.05) is 25.7 Å². The molecular weight excluding hydrogens is 360 g/mol. The fourth-order valence-corrected chi connectivity index (χ4v) is 6.23. The standard InChI is InChI=1S/C21H30N2O3S/c1-15-13-17-14-19(27(25,26)22(2)18-9-4-3-5-10-18)11-12-20(17)23(15)21(24)16-7-6-8-16/h11-12,14-16,18H,3-10,13H2,1-2H3/t15-/m1/s1. The minimum atomic E-state index is -3.50. The second kappa shape index (κ2) is 7.21. The number of anilines is 1. The monoisotopic (exact) mass is 390 g/mol. The molecule has 1 amide bonds. The van der Waals surface area contributed by atoms with Gasteiger partial charge in [-0.05, 0) is 62.8 Å². The summed E-state index contributed by atoms with van der Waals surface area (Å²) in [5.74, 6) is 0.363. The highest BCUT2D eigenvalue weighted by Crippen LogP contribution is 2.38. The average molecular weight is 391 g/mol. The highest BCUT2D eigenvalue weighted by atomic mass is 32.2. The maximum atomic E-state index is 13.1. The largest absolute Gasteiger partial charge is 0.309 e. The van der Waals surface area contributed by atoms with Crippen LogP contribution in [0.4, 0.5) is 5.69 Å². The molecule has 5 nitrogen and oxygen atoms in total. The zero-order valence-corrected chi connectivity index (χ0v) is 17.2. The third-order valence-corrected chi connectivity index (χ3v) is 8.63. The van der Waals surface area contributed by atoms with Crippen molar-refractivity contribution in [2.24, 2.45) is 5.92 Å². The van der Waals surface area contributed by atoms with E-state index < -0.39 is 10.0 Å². The van der Waals surface area contributed by atoms with Crippen molar-refractivity contribution in [3.05, 3.63) is 23.8 Å². The number of fused-ring (bicyclic) bond motifs is 1. The van der Waals surface area contributed by atoms with E-state index in [1.165, 1.54) is 6.42 Å². The summed E-state index contributed by atoms with van der Waals surface area (Å²) in [5.41, 5.74) is 1.88. The number of benzene rings is 1. The third kappa shape index (κ3) is 3.31. The van der Waals surface area contributed by atoms with E-state index in [1.54, 1.807) is 23.5 Å². The molecule has 2 saturated carbocycles. The van der Waals surface area contributed by atoms with Crippen molar-refractivity contribution in [3.8, 4) is 0 Å². The van der Waals surface area contributed by atoms with Crippen molar-refractivity contribution in [1.82, 2.24) is 4.31 Å². The smallest absolute Gasteiger partial charge is 0.243 e. The molecule has 2 aliphatic carbocycles. The average Bonchev–Trinajstić information content (AvgIpc) is 2.95. The van der Waals surface area contributed by atoms with E-state index in [0.29, 0.717) is 4.90 Å². The molecule has 1 heterocycles.